The van der Waals surface area contributed by atoms with E-state index in [1.807, 2.05) is 30.3 Å². The summed E-state index contributed by atoms with van der Waals surface area (Å²) in [5.74, 6) is -0.388. The third-order valence-electron chi connectivity index (χ3n) is 5.06. The number of pyridine rings is 1. The molecule has 2 aromatic carbocycles. The van der Waals surface area contributed by atoms with Gasteiger partial charge in [0.2, 0.25) is 10.0 Å². The molecule has 31 heavy (non-hydrogen) atoms. The number of rotatable bonds is 6. The molecule has 0 aliphatic carbocycles. The fourth-order valence-electron chi connectivity index (χ4n) is 3.67. The molecule has 2 aromatic heterocycles. The Labute approximate surface area is 179 Å². The van der Waals surface area contributed by atoms with Crippen LogP contribution in [0.15, 0.2) is 66.9 Å². The van der Waals surface area contributed by atoms with Crippen molar-refractivity contribution >= 4 is 27.5 Å². The Bertz CT molecular complexity index is 1360. The van der Waals surface area contributed by atoms with Gasteiger partial charge in [0.1, 0.15) is 11.5 Å². The van der Waals surface area contributed by atoms with Crippen molar-refractivity contribution in [3.05, 3.63) is 78.2 Å². The lowest BCUT2D eigenvalue weighted by molar-refractivity contribution is 0.112. The third-order valence-corrected chi connectivity index (χ3v) is 6.32. The molecule has 4 rings (SSSR count). The van der Waals surface area contributed by atoms with Gasteiger partial charge in [-0.15, -0.1) is 0 Å². The lowest BCUT2D eigenvalue weighted by atomic mass is 10.0. The molecule has 0 N–H and O–H groups in total. The topological polar surface area (TPSA) is 71.8 Å². The van der Waals surface area contributed by atoms with Crippen LogP contribution < -0.4 is 4.31 Å². The van der Waals surface area contributed by atoms with E-state index >= 15 is 0 Å². The number of benzene rings is 2. The van der Waals surface area contributed by atoms with Gasteiger partial charge in [-0.25, -0.2) is 17.3 Å². The standard InChI is InChI=1S/C23H20FN3O3S/c1-3-27(31(2,29)30)22-14-26-21(13-19(22)16-7-5-4-6-8-16)20(15-28)23(25-26)17-9-11-18(24)12-10-17/h4-15H,3H2,1-2H3. The van der Waals surface area contributed by atoms with Gasteiger partial charge >= 0.3 is 0 Å². The second-order valence-electron chi connectivity index (χ2n) is 7.08. The van der Waals surface area contributed by atoms with E-state index in [-0.39, 0.29) is 12.4 Å². The number of hydrogen-bond donors (Lipinski definition) is 0. The van der Waals surface area contributed by atoms with Crippen molar-refractivity contribution in [2.75, 3.05) is 17.1 Å². The highest BCUT2D eigenvalue weighted by Crippen LogP contribution is 2.36. The highest BCUT2D eigenvalue weighted by molar-refractivity contribution is 7.92. The molecule has 0 saturated heterocycles. The molecular weight excluding hydrogens is 417 g/mol. The number of fused-ring (bicyclic) bond motifs is 1. The number of sulfonamides is 1. The van der Waals surface area contributed by atoms with Crippen LogP contribution in [0.3, 0.4) is 0 Å². The quantitative estimate of drug-likeness (QED) is 0.419. The minimum Gasteiger partial charge on any atom is -0.298 e. The minimum atomic E-state index is -3.55. The number of carbonyl (C=O) groups is 1. The SMILES string of the molecule is CCN(c1cn2nc(-c3ccc(F)cc3)c(C=O)c2cc1-c1ccccc1)S(C)(=O)=O. The van der Waals surface area contributed by atoms with Crippen LogP contribution in [0.4, 0.5) is 10.1 Å². The summed E-state index contributed by atoms with van der Waals surface area (Å²) in [7, 11) is -3.55. The van der Waals surface area contributed by atoms with Gasteiger partial charge in [0.25, 0.3) is 0 Å². The van der Waals surface area contributed by atoms with Crippen LogP contribution >= 0.6 is 0 Å². The fraction of sp³-hybridized carbons (Fsp3) is 0.130. The molecule has 6 nitrogen and oxygen atoms in total. The van der Waals surface area contributed by atoms with Gasteiger partial charge in [0.15, 0.2) is 6.29 Å². The van der Waals surface area contributed by atoms with E-state index in [9.17, 15) is 17.6 Å². The maximum atomic E-state index is 13.4. The summed E-state index contributed by atoms with van der Waals surface area (Å²) in [6, 6.07) is 16.8. The van der Waals surface area contributed by atoms with Crippen LogP contribution in [-0.2, 0) is 10.0 Å². The molecular formula is C23H20FN3O3S. The second kappa shape index (κ2) is 7.96. The van der Waals surface area contributed by atoms with E-state index in [0.29, 0.717) is 39.9 Å². The normalized spacial score (nSPS) is 11.6. The smallest absolute Gasteiger partial charge is 0.232 e. The molecule has 0 radical (unpaired) electrons. The van der Waals surface area contributed by atoms with E-state index in [2.05, 4.69) is 5.10 Å². The van der Waals surface area contributed by atoms with E-state index in [1.165, 1.54) is 21.0 Å². The highest BCUT2D eigenvalue weighted by Gasteiger charge is 2.23. The third kappa shape index (κ3) is 3.82. The summed E-state index contributed by atoms with van der Waals surface area (Å²) in [6.45, 7) is 1.99. The van der Waals surface area contributed by atoms with Crippen LogP contribution in [0.2, 0.25) is 0 Å². The number of anilines is 1. The summed E-state index contributed by atoms with van der Waals surface area (Å²) < 4.78 is 41.1. The summed E-state index contributed by atoms with van der Waals surface area (Å²) in [6.07, 6.45) is 3.48. The van der Waals surface area contributed by atoms with Crippen molar-refractivity contribution in [2.24, 2.45) is 0 Å². The van der Waals surface area contributed by atoms with Gasteiger partial charge in [-0.05, 0) is 42.8 Å². The molecule has 0 unspecified atom stereocenters. The molecule has 4 aromatic rings. The Morgan fingerprint density at radius 2 is 1.74 bits per heavy atom. The zero-order valence-corrected chi connectivity index (χ0v) is 17.8. The maximum absolute atomic E-state index is 13.4. The molecule has 158 valence electrons. The average molecular weight is 437 g/mol. The summed E-state index contributed by atoms with van der Waals surface area (Å²) in [5, 5.41) is 4.52. The van der Waals surface area contributed by atoms with Gasteiger partial charge in [-0.2, -0.15) is 5.10 Å². The molecule has 0 aliphatic heterocycles. The number of aromatic nitrogens is 2. The molecule has 0 aliphatic rings. The lowest BCUT2D eigenvalue weighted by Crippen LogP contribution is -2.30. The molecule has 0 bridgehead atoms. The van der Waals surface area contributed by atoms with Gasteiger partial charge in [-0.1, -0.05) is 30.3 Å². The van der Waals surface area contributed by atoms with Gasteiger partial charge < -0.3 is 0 Å². The number of hydrogen-bond acceptors (Lipinski definition) is 4. The lowest BCUT2D eigenvalue weighted by Gasteiger charge is -2.23. The number of halogens is 1. The predicted molar refractivity (Wildman–Crippen MR) is 119 cm³/mol. The fourth-order valence-corrected chi connectivity index (χ4v) is 4.64. The Morgan fingerprint density at radius 1 is 1.06 bits per heavy atom. The molecule has 0 atom stereocenters. The molecule has 0 amide bonds. The van der Waals surface area contributed by atoms with Crippen LogP contribution in [0.5, 0.6) is 0 Å². The number of nitrogens with zero attached hydrogens (tertiary/aromatic N) is 3. The van der Waals surface area contributed by atoms with Crippen LogP contribution in [0, 0.1) is 5.82 Å². The first-order chi connectivity index (χ1) is 14.8. The van der Waals surface area contributed by atoms with E-state index in [4.69, 9.17) is 0 Å². The van der Waals surface area contributed by atoms with Crippen molar-refractivity contribution in [1.29, 1.82) is 0 Å². The largest absolute Gasteiger partial charge is 0.298 e. The molecule has 0 fully saturated rings. The predicted octanol–water partition coefficient (Wildman–Crippen LogP) is 4.41. The first-order valence-electron chi connectivity index (χ1n) is 9.64. The van der Waals surface area contributed by atoms with Gasteiger partial charge in [-0.3, -0.25) is 9.10 Å². The first-order valence-corrected chi connectivity index (χ1v) is 11.5. The van der Waals surface area contributed by atoms with Crippen LogP contribution in [0.1, 0.15) is 17.3 Å². The Morgan fingerprint density at radius 3 is 2.32 bits per heavy atom. The first kappa shape index (κ1) is 20.7. The summed E-state index contributed by atoms with van der Waals surface area (Å²) in [4.78, 5) is 12.0. The van der Waals surface area contributed by atoms with Gasteiger partial charge in [0, 0.05) is 17.7 Å². The highest BCUT2D eigenvalue weighted by atomic mass is 32.2. The van der Waals surface area contributed by atoms with E-state index in [0.717, 1.165) is 11.8 Å². The molecule has 8 heteroatoms. The van der Waals surface area contributed by atoms with E-state index in [1.54, 1.807) is 31.3 Å². The van der Waals surface area contributed by atoms with Crippen LogP contribution in [0.25, 0.3) is 27.9 Å². The Kier molecular flexibility index (Phi) is 5.32. The molecule has 2 heterocycles. The molecule has 0 spiro atoms. The molecule has 0 saturated carbocycles. The second-order valence-corrected chi connectivity index (χ2v) is 8.99. The van der Waals surface area contributed by atoms with Crippen molar-refractivity contribution in [1.82, 2.24) is 9.61 Å². The summed E-state index contributed by atoms with van der Waals surface area (Å²) >= 11 is 0. The number of aldehydes is 1. The zero-order chi connectivity index (χ0) is 22.2. The minimum absolute atomic E-state index is 0.233. The van der Waals surface area contributed by atoms with E-state index < -0.39 is 10.0 Å². The van der Waals surface area contributed by atoms with Crippen molar-refractivity contribution in [2.45, 2.75) is 6.92 Å². The maximum Gasteiger partial charge on any atom is 0.232 e. The number of carbonyl (C=O) groups excluding carboxylic acids is 1. The van der Waals surface area contributed by atoms with Crippen molar-refractivity contribution < 1.29 is 17.6 Å². The zero-order valence-electron chi connectivity index (χ0n) is 17.0. The van der Waals surface area contributed by atoms with Crippen LogP contribution in [-0.4, -0.2) is 37.1 Å². The van der Waals surface area contributed by atoms with Gasteiger partial charge in [0.05, 0.1) is 29.2 Å². The average Bonchev–Trinajstić information content (AvgIpc) is 3.11. The Balaban J connectivity index is 2.05. The van der Waals surface area contributed by atoms with Crippen molar-refractivity contribution in [3.8, 4) is 22.4 Å². The summed E-state index contributed by atoms with van der Waals surface area (Å²) in [5.41, 5.74) is 3.78. The monoisotopic (exact) mass is 437 g/mol. The van der Waals surface area contributed by atoms with Crippen molar-refractivity contribution in [3.63, 3.8) is 0 Å². The Hall–Kier alpha value is -3.52.